The fraction of sp³-hybridized carbons (Fsp3) is 0.385. The van der Waals surface area contributed by atoms with E-state index in [9.17, 15) is 5.26 Å². The summed E-state index contributed by atoms with van der Waals surface area (Å²) in [4.78, 5) is 16.8. The lowest BCUT2D eigenvalue weighted by Crippen LogP contribution is -2.66. The number of nitrogens with zero attached hydrogens (tertiary/aromatic N) is 7. The fourth-order valence-electron chi connectivity index (χ4n) is 5.62. The maximum Gasteiger partial charge on any atom is 0.142 e. The second-order valence-electron chi connectivity index (χ2n) is 9.49. The Bertz CT molecular complexity index is 1370. The van der Waals surface area contributed by atoms with Crippen LogP contribution >= 0.6 is 0 Å². The summed E-state index contributed by atoms with van der Waals surface area (Å²) >= 11 is 0. The van der Waals surface area contributed by atoms with E-state index in [1.54, 1.807) is 13.4 Å². The molecule has 2 aliphatic heterocycles. The standard InChI is InChI=1S/C26H28N8O/c1-35-23-5-3-2-4-22(23)32-12-7-20(8-13-32)33-16-26(17-33,9-10-27)34-15-19(14-31-34)24-21-6-11-28-25(21)30-18-29-24/h2-6,11,14-15,18,20H,7-9,12-13,16-17H2,1H3,(H,28,29,30). The van der Waals surface area contributed by atoms with Gasteiger partial charge in [-0.1, -0.05) is 12.1 Å². The number of fused-ring (bicyclic) bond motifs is 1. The summed E-state index contributed by atoms with van der Waals surface area (Å²) in [6.07, 6.45) is 9.95. The lowest BCUT2D eigenvalue weighted by atomic mass is 9.83. The van der Waals surface area contributed by atoms with Crippen molar-refractivity contribution in [1.82, 2.24) is 29.6 Å². The zero-order valence-corrected chi connectivity index (χ0v) is 19.8. The van der Waals surface area contributed by atoms with E-state index in [1.807, 2.05) is 41.5 Å². The van der Waals surface area contributed by atoms with Crippen LogP contribution in [0.4, 0.5) is 5.69 Å². The molecule has 1 N–H and O–H groups in total. The number of aromatic nitrogens is 5. The number of methoxy groups -OCH3 is 1. The van der Waals surface area contributed by atoms with Crippen molar-refractivity contribution in [3.05, 3.63) is 55.2 Å². The zero-order valence-electron chi connectivity index (χ0n) is 19.8. The molecule has 1 aromatic carbocycles. The van der Waals surface area contributed by atoms with Gasteiger partial charge in [-0.05, 0) is 31.0 Å². The second-order valence-corrected chi connectivity index (χ2v) is 9.49. The number of ether oxygens (including phenoxy) is 1. The molecule has 178 valence electrons. The maximum atomic E-state index is 9.62. The lowest BCUT2D eigenvalue weighted by Gasteiger charge is -2.53. The Labute approximate surface area is 204 Å². The van der Waals surface area contributed by atoms with Gasteiger partial charge in [-0.3, -0.25) is 9.58 Å². The van der Waals surface area contributed by atoms with Crippen LogP contribution in [0.5, 0.6) is 5.75 Å². The van der Waals surface area contributed by atoms with Crippen molar-refractivity contribution < 1.29 is 4.74 Å². The molecular weight excluding hydrogens is 440 g/mol. The number of nitriles is 1. The summed E-state index contributed by atoms with van der Waals surface area (Å²) < 4.78 is 7.55. The van der Waals surface area contributed by atoms with Crippen LogP contribution in [0.15, 0.2) is 55.2 Å². The smallest absolute Gasteiger partial charge is 0.142 e. The van der Waals surface area contributed by atoms with E-state index < -0.39 is 0 Å². The number of hydrogen-bond acceptors (Lipinski definition) is 7. The van der Waals surface area contributed by atoms with Crippen molar-refractivity contribution in [2.75, 3.05) is 38.2 Å². The first-order valence-electron chi connectivity index (χ1n) is 12.0. The van der Waals surface area contributed by atoms with E-state index in [1.165, 1.54) is 5.69 Å². The number of likely N-dealkylation sites (tertiary alicyclic amines) is 1. The monoisotopic (exact) mass is 468 g/mol. The minimum absolute atomic E-state index is 0.295. The molecule has 4 aromatic rings. The van der Waals surface area contributed by atoms with Crippen molar-refractivity contribution in [3.8, 4) is 23.1 Å². The first kappa shape index (κ1) is 21.6. The molecule has 2 saturated heterocycles. The number of benzene rings is 1. The van der Waals surface area contributed by atoms with Gasteiger partial charge < -0.3 is 14.6 Å². The molecule has 35 heavy (non-hydrogen) atoms. The van der Waals surface area contributed by atoms with Crippen molar-refractivity contribution in [2.24, 2.45) is 0 Å². The van der Waals surface area contributed by atoms with Crippen LogP contribution in [0, 0.1) is 11.3 Å². The second kappa shape index (κ2) is 8.71. The van der Waals surface area contributed by atoms with Gasteiger partial charge in [0.05, 0.1) is 37.2 Å². The Morgan fingerprint density at radius 3 is 2.80 bits per heavy atom. The van der Waals surface area contributed by atoms with Crippen LogP contribution in [-0.4, -0.2) is 69.0 Å². The van der Waals surface area contributed by atoms with Gasteiger partial charge in [0.2, 0.25) is 0 Å². The van der Waals surface area contributed by atoms with Crippen molar-refractivity contribution in [2.45, 2.75) is 30.8 Å². The van der Waals surface area contributed by atoms with E-state index in [0.29, 0.717) is 12.5 Å². The van der Waals surface area contributed by atoms with Gasteiger partial charge >= 0.3 is 0 Å². The third-order valence-electron chi connectivity index (χ3n) is 7.51. The molecule has 2 fully saturated rings. The molecular formula is C26H28N8O. The number of rotatable bonds is 6. The van der Waals surface area contributed by atoms with Crippen molar-refractivity contribution in [3.63, 3.8) is 0 Å². The molecule has 0 aliphatic carbocycles. The third kappa shape index (κ3) is 3.70. The van der Waals surface area contributed by atoms with E-state index in [2.05, 4.69) is 43.0 Å². The number of piperidine rings is 1. The van der Waals surface area contributed by atoms with E-state index in [0.717, 1.165) is 67.1 Å². The van der Waals surface area contributed by atoms with Gasteiger partial charge in [0.15, 0.2) is 0 Å². The molecule has 0 bridgehead atoms. The molecule has 9 heteroatoms. The Kier molecular flexibility index (Phi) is 5.38. The van der Waals surface area contributed by atoms with E-state index in [-0.39, 0.29) is 5.54 Å². The Balaban J connectivity index is 1.15. The van der Waals surface area contributed by atoms with E-state index in [4.69, 9.17) is 9.84 Å². The van der Waals surface area contributed by atoms with Crippen LogP contribution in [0.3, 0.4) is 0 Å². The number of nitrogens with one attached hydrogen (secondary N) is 1. The van der Waals surface area contributed by atoms with Gasteiger partial charge in [-0.2, -0.15) is 10.4 Å². The summed E-state index contributed by atoms with van der Waals surface area (Å²) in [5.74, 6) is 0.929. The molecule has 2 aliphatic rings. The van der Waals surface area contributed by atoms with Crippen LogP contribution < -0.4 is 9.64 Å². The van der Waals surface area contributed by atoms with Gasteiger partial charge in [0.25, 0.3) is 0 Å². The van der Waals surface area contributed by atoms with Gasteiger partial charge in [0.1, 0.15) is 23.3 Å². The summed E-state index contributed by atoms with van der Waals surface area (Å²) in [5.41, 5.74) is 3.48. The summed E-state index contributed by atoms with van der Waals surface area (Å²) in [6.45, 7) is 3.67. The topological polar surface area (TPSA) is 98.9 Å². The summed E-state index contributed by atoms with van der Waals surface area (Å²) in [7, 11) is 1.73. The molecule has 5 heterocycles. The van der Waals surface area contributed by atoms with Crippen LogP contribution in [0.1, 0.15) is 19.3 Å². The predicted molar refractivity (Wildman–Crippen MR) is 133 cm³/mol. The fourth-order valence-corrected chi connectivity index (χ4v) is 5.62. The van der Waals surface area contributed by atoms with Gasteiger partial charge in [-0.15, -0.1) is 0 Å². The summed E-state index contributed by atoms with van der Waals surface area (Å²) in [5, 5.41) is 15.3. The third-order valence-corrected chi connectivity index (χ3v) is 7.51. The van der Waals surface area contributed by atoms with Crippen LogP contribution in [-0.2, 0) is 5.54 Å². The number of anilines is 1. The van der Waals surface area contributed by atoms with Crippen molar-refractivity contribution in [1.29, 1.82) is 5.26 Å². The highest BCUT2D eigenvalue weighted by Gasteiger charge is 2.48. The lowest BCUT2D eigenvalue weighted by molar-refractivity contribution is -0.0324. The van der Waals surface area contributed by atoms with Crippen LogP contribution in [0.2, 0.25) is 0 Å². The Morgan fingerprint density at radius 2 is 2.00 bits per heavy atom. The normalized spacial score (nSPS) is 18.3. The average molecular weight is 469 g/mol. The number of hydrogen-bond donors (Lipinski definition) is 1. The minimum atomic E-state index is -0.295. The summed E-state index contributed by atoms with van der Waals surface area (Å²) in [6, 6.07) is 13.1. The number of para-hydroxylation sites is 2. The molecule has 0 atom stereocenters. The largest absolute Gasteiger partial charge is 0.495 e. The first-order chi connectivity index (χ1) is 17.2. The highest BCUT2D eigenvalue weighted by molar-refractivity contribution is 5.90. The molecule has 0 unspecified atom stereocenters. The average Bonchev–Trinajstić information content (AvgIpc) is 3.56. The predicted octanol–water partition coefficient (Wildman–Crippen LogP) is 3.42. The van der Waals surface area contributed by atoms with Crippen molar-refractivity contribution >= 4 is 16.7 Å². The molecule has 3 aromatic heterocycles. The maximum absolute atomic E-state index is 9.62. The molecule has 0 amide bonds. The molecule has 6 rings (SSSR count). The number of aromatic amines is 1. The first-order valence-corrected chi connectivity index (χ1v) is 12.0. The minimum Gasteiger partial charge on any atom is -0.495 e. The van der Waals surface area contributed by atoms with Gasteiger partial charge in [0, 0.05) is 55.6 Å². The van der Waals surface area contributed by atoms with Gasteiger partial charge in [-0.25, -0.2) is 9.97 Å². The Hall–Kier alpha value is -3.90. The highest BCUT2D eigenvalue weighted by Crippen LogP contribution is 2.38. The molecule has 9 nitrogen and oxygen atoms in total. The van der Waals surface area contributed by atoms with E-state index >= 15 is 0 Å². The quantitative estimate of drug-likeness (QED) is 0.463. The molecule has 0 radical (unpaired) electrons. The molecule has 0 spiro atoms. The Morgan fingerprint density at radius 1 is 1.17 bits per heavy atom. The number of H-pyrrole nitrogens is 1. The van der Waals surface area contributed by atoms with Crippen LogP contribution in [0.25, 0.3) is 22.3 Å². The zero-order chi connectivity index (χ0) is 23.8. The molecule has 0 saturated carbocycles. The SMILES string of the molecule is COc1ccccc1N1CCC(N2CC(CC#N)(n3cc(-c4ncnc5[nH]ccc45)cn3)C2)CC1. The highest BCUT2D eigenvalue weighted by atomic mass is 16.5.